The first-order valence-electron chi connectivity index (χ1n) is 7.94. The Morgan fingerprint density at radius 2 is 1.50 bits per heavy atom. The Labute approximate surface area is 125 Å². The molecule has 0 saturated heterocycles. The third-order valence-electron chi connectivity index (χ3n) is 4.37. The lowest BCUT2D eigenvalue weighted by Gasteiger charge is -2.30. The van der Waals surface area contributed by atoms with Gasteiger partial charge in [0, 0.05) is 0 Å². The van der Waals surface area contributed by atoms with Crippen molar-refractivity contribution in [3.8, 4) is 5.75 Å². The van der Waals surface area contributed by atoms with Crippen molar-refractivity contribution < 1.29 is 5.11 Å². The van der Waals surface area contributed by atoms with Gasteiger partial charge in [0.05, 0.1) is 0 Å². The number of rotatable bonds is 5. The van der Waals surface area contributed by atoms with Crippen molar-refractivity contribution in [2.24, 2.45) is 0 Å². The maximum atomic E-state index is 10.5. The molecule has 1 nitrogen and oxygen atoms in total. The molecule has 0 unspecified atom stereocenters. The summed E-state index contributed by atoms with van der Waals surface area (Å²) in [5.74, 6) is 0.485. The molecule has 0 aliphatic carbocycles. The molecule has 20 heavy (non-hydrogen) atoms. The van der Waals surface area contributed by atoms with Gasteiger partial charge in [-0.25, -0.2) is 0 Å². The van der Waals surface area contributed by atoms with Gasteiger partial charge in [0.15, 0.2) is 0 Å². The molecule has 0 aliphatic rings. The van der Waals surface area contributed by atoms with Crippen molar-refractivity contribution in [1.29, 1.82) is 0 Å². The summed E-state index contributed by atoms with van der Waals surface area (Å²) in [5, 5.41) is 10.5. The van der Waals surface area contributed by atoms with Crippen molar-refractivity contribution in [2.75, 3.05) is 0 Å². The van der Waals surface area contributed by atoms with Gasteiger partial charge in [-0.3, -0.25) is 0 Å². The molecule has 1 heteroatoms. The van der Waals surface area contributed by atoms with Crippen LogP contribution in [0, 0.1) is 6.92 Å². The van der Waals surface area contributed by atoms with E-state index < -0.39 is 0 Å². The zero-order chi connectivity index (χ0) is 15.6. The molecular weight excluding hydrogens is 244 g/mol. The van der Waals surface area contributed by atoms with Gasteiger partial charge in [-0.2, -0.15) is 0 Å². The summed E-state index contributed by atoms with van der Waals surface area (Å²) in [7, 11) is 0. The predicted octanol–water partition coefficient (Wildman–Crippen LogP) is 5.86. The highest BCUT2D eigenvalue weighted by molar-refractivity contribution is 5.49. The molecule has 0 amide bonds. The maximum absolute atomic E-state index is 10.5. The third-order valence-corrected chi connectivity index (χ3v) is 4.37. The maximum Gasteiger partial charge on any atom is 0.122 e. The minimum Gasteiger partial charge on any atom is -0.507 e. The molecule has 0 aliphatic heterocycles. The van der Waals surface area contributed by atoms with E-state index in [0.29, 0.717) is 5.75 Å². The Bertz CT molecular complexity index is 450. The van der Waals surface area contributed by atoms with Crippen LogP contribution in [0.5, 0.6) is 5.75 Å². The van der Waals surface area contributed by atoms with E-state index in [9.17, 15) is 5.11 Å². The number of phenolic OH excluding ortho intramolecular Hbond substituents is 1. The fourth-order valence-corrected chi connectivity index (χ4v) is 2.99. The first kappa shape index (κ1) is 17.1. The van der Waals surface area contributed by atoms with Crippen molar-refractivity contribution in [2.45, 2.75) is 85.0 Å². The van der Waals surface area contributed by atoms with Crippen LogP contribution in [-0.2, 0) is 10.8 Å². The van der Waals surface area contributed by atoms with Crippen LogP contribution in [0.2, 0.25) is 0 Å². The van der Waals surface area contributed by atoms with E-state index in [-0.39, 0.29) is 10.8 Å². The Morgan fingerprint density at radius 3 is 2.00 bits per heavy atom. The normalized spacial score (nSPS) is 12.8. The van der Waals surface area contributed by atoms with Crippen molar-refractivity contribution in [3.05, 3.63) is 28.8 Å². The Morgan fingerprint density at radius 1 is 0.950 bits per heavy atom. The molecule has 0 aromatic heterocycles. The van der Waals surface area contributed by atoms with Crippen LogP contribution in [-0.4, -0.2) is 5.11 Å². The van der Waals surface area contributed by atoms with Gasteiger partial charge in [-0.15, -0.1) is 0 Å². The van der Waals surface area contributed by atoms with Crippen LogP contribution in [0.25, 0.3) is 0 Å². The first-order chi connectivity index (χ1) is 9.11. The second kappa shape index (κ2) is 6.20. The second-order valence-electron chi connectivity index (χ2n) is 7.73. The van der Waals surface area contributed by atoms with Crippen LogP contribution in [0.15, 0.2) is 12.1 Å². The average molecular weight is 276 g/mol. The summed E-state index contributed by atoms with van der Waals surface area (Å²) in [5.41, 5.74) is 3.51. The molecule has 0 saturated carbocycles. The fourth-order valence-electron chi connectivity index (χ4n) is 2.99. The van der Waals surface area contributed by atoms with Gasteiger partial charge in [0.2, 0.25) is 0 Å². The molecule has 1 rings (SSSR count). The predicted molar refractivity (Wildman–Crippen MR) is 88.7 cm³/mol. The summed E-state index contributed by atoms with van der Waals surface area (Å²) >= 11 is 0. The van der Waals surface area contributed by atoms with E-state index in [1.807, 2.05) is 0 Å². The fraction of sp³-hybridized carbons (Fsp3) is 0.684. The summed E-state index contributed by atoms with van der Waals surface area (Å²) in [6.45, 7) is 15.3. The number of phenols is 1. The molecule has 1 aromatic carbocycles. The van der Waals surface area contributed by atoms with E-state index in [2.05, 4.69) is 60.6 Å². The summed E-state index contributed by atoms with van der Waals surface area (Å²) in [6, 6.07) is 4.33. The molecule has 1 aromatic rings. The summed E-state index contributed by atoms with van der Waals surface area (Å²) in [4.78, 5) is 0. The Kier molecular flexibility index (Phi) is 5.29. The molecule has 0 heterocycles. The van der Waals surface area contributed by atoms with E-state index in [4.69, 9.17) is 0 Å². The number of benzene rings is 1. The van der Waals surface area contributed by atoms with Crippen LogP contribution in [0.1, 0.15) is 83.9 Å². The van der Waals surface area contributed by atoms with E-state index >= 15 is 0 Å². The summed E-state index contributed by atoms with van der Waals surface area (Å²) < 4.78 is 0. The minimum absolute atomic E-state index is 0.0142. The Hall–Kier alpha value is -0.980. The number of hydrogen-bond acceptors (Lipinski definition) is 1. The smallest absolute Gasteiger partial charge is 0.122 e. The molecule has 0 fully saturated rings. The van der Waals surface area contributed by atoms with E-state index in [1.54, 1.807) is 0 Å². The molecule has 0 spiro atoms. The molecule has 1 N–H and O–H groups in total. The average Bonchev–Trinajstić information content (AvgIpc) is 2.30. The molecule has 0 bridgehead atoms. The van der Waals surface area contributed by atoms with Gasteiger partial charge >= 0.3 is 0 Å². The van der Waals surface area contributed by atoms with E-state index in [0.717, 1.165) is 11.1 Å². The van der Waals surface area contributed by atoms with Gasteiger partial charge in [-0.05, 0) is 40.9 Å². The van der Waals surface area contributed by atoms with Gasteiger partial charge in [0.25, 0.3) is 0 Å². The molecule has 0 atom stereocenters. The van der Waals surface area contributed by atoms with E-state index in [1.165, 1.54) is 31.2 Å². The van der Waals surface area contributed by atoms with Crippen molar-refractivity contribution in [3.63, 3.8) is 0 Å². The summed E-state index contributed by atoms with van der Waals surface area (Å²) in [6.07, 6.45) is 4.97. The number of unbranched alkanes of at least 4 members (excludes halogenated alkanes) is 2. The zero-order valence-electron chi connectivity index (χ0n) is 14.4. The first-order valence-corrected chi connectivity index (χ1v) is 7.94. The lowest BCUT2D eigenvalue weighted by molar-refractivity contribution is 0.423. The van der Waals surface area contributed by atoms with Crippen LogP contribution < -0.4 is 0 Å². The largest absolute Gasteiger partial charge is 0.507 e. The lowest BCUT2D eigenvalue weighted by Crippen LogP contribution is -2.20. The highest BCUT2D eigenvalue weighted by Gasteiger charge is 2.26. The molecular formula is C19H32O. The van der Waals surface area contributed by atoms with Crippen molar-refractivity contribution >= 4 is 0 Å². The van der Waals surface area contributed by atoms with Crippen molar-refractivity contribution in [1.82, 2.24) is 0 Å². The SMILES string of the molecule is CCCCCC(C)(C)c1ccc(C(C)(C)C)c(O)c1C. The topological polar surface area (TPSA) is 20.2 Å². The number of hydrogen-bond donors (Lipinski definition) is 1. The third kappa shape index (κ3) is 3.77. The standard InChI is InChI=1S/C19H32O/c1-8-9-10-13-19(6,7)15-11-12-16(18(3,4)5)17(20)14(15)2/h11-12,20H,8-10,13H2,1-7H3. The van der Waals surface area contributed by atoms with Gasteiger partial charge < -0.3 is 5.11 Å². The highest BCUT2D eigenvalue weighted by Crippen LogP contribution is 2.40. The monoisotopic (exact) mass is 276 g/mol. The molecule has 0 radical (unpaired) electrons. The molecule has 114 valence electrons. The van der Waals surface area contributed by atoms with Gasteiger partial charge in [-0.1, -0.05) is 72.9 Å². The zero-order valence-corrected chi connectivity index (χ0v) is 14.4. The quantitative estimate of drug-likeness (QED) is 0.668. The Balaban J connectivity index is 3.12. The van der Waals surface area contributed by atoms with Gasteiger partial charge in [0.1, 0.15) is 5.75 Å². The lowest BCUT2D eigenvalue weighted by atomic mass is 9.75. The van der Waals surface area contributed by atoms with Crippen LogP contribution in [0.4, 0.5) is 0 Å². The highest BCUT2D eigenvalue weighted by atomic mass is 16.3. The van der Waals surface area contributed by atoms with Crippen LogP contribution in [0.3, 0.4) is 0 Å². The minimum atomic E-state index is -0.0142. The number of aromatic hydroxyl groups is 1. The second-order valence-corrected chi connectivity index (χ2v) is 7.73. The van der Waals surface area contributed by atoms with Crippen LogP contribution >= 0.6 is 0 Å².